The van der Waals surface area contributed by atoms with Gasteiger partial charge in [-0.2, -0.15) is 0 Å². The van der Waals surface area contributed by atoms with E-state index in [0.717, 1.165) is 38.1 Å². The molecule has 1 saturated heterocycles. The lowest BCUT2D eigenvalue weighted by molar-refractivity contribution is 0.143. The Morgan fingerprint density at radius 3 is 2.47 bits per heavy atom. The second-order valence-electron chi connectivity index (χ2n) is 5.37. The van der Waals surface area contributed by atoms with Crippen LogP contribution in [0.4, 0.5) is 0 Å². The molecule has 0 bridgehead atoms. The molecule has 3 nitrogen and oxygen atoms in total. The van der Waals surface area contributed by atoms with E-state index >= 15 is 0 Å². The Balaban J connectivity index is 1.85. The van der Waals surface area contributed by atoms with E-state index in [0.29, 0.717) is 0 Å². The van der Waals surface area contributed by atoms with Gasteiger partial charge in [-0.1, -0.05) is 13.8 Å². The first-order chi connectivity index (χ1) is 8.24. The van der Waals surface area contributed by atoms with Crippen LogP contribution in [0.5, 0.6) is 0 Å². The van der Waals surface area contributed by atoms with Crippen LogP contribution >= 0.6 is 0 Å². The fraction of sp³-hybridized carbons (Fsp3) is 1.00. The number of rotatable bonds is 9. The maximum Gasteiger partial charge on any atom is 0.0466 e. The lowest BCUT2D eigenvalue weighted by atomic mass is 10.0. The first-order valence-corrected chi connectivity index (χ1v) is 7.24. The highest BCUT2D eigenvalue weighted by atomic mass is 16.5. The summed E-state index contributed by atoms with van der Waals surface area (Å²) in [6.45, 7) is 14.6. The average molecular weight is 242 g/mol. The van der Waals surface area contributed by atoms with Crippen molar-refractivity contribution in [1.82, 2.24) is 10.2 Å². The van der Waals surface area contributed by atoms with Gasteiger partial charge in [0.25, 0.3) is 0 Å². The van der Waals surface area contributed by atoms with Gasteiger partial charge in [-0.25, -0.2) is 0 Å². The molecular formula is C14H30N2O. The SMILES string of the molecule is CCOCCCCNCCN1CC(C)C(C)C1. The molecule has 2 unspecified atom stereocenters. The molecule has 1 fully saturated rings. The van der Waals surface area contributed by atoms with Crippen LogP contribution in [0.25, 0.3) is 0 Å². The fourth-order valence-electron chi connectivity index (χ4n) is 2.39. The van der Waals surface area contributed by atoms with Crippen LogP contribution in [0.2, 0.25) is 0 Å². The molecule has 1 aliphatic heterocycles. The van der Waals surface area contributed by atoms with E-state index in [1.54, 1.807) is 0 Å². The van der Waals surface area contributed by atoms with E-state index in [2.05, 4.69) is 31.0 Å². The van der Waals surface area contributed by atoms with Gasteiger partial charge >= 0.3 is 0 Å². The predicted octanol–water partition coefficient (Wildman–Crippen LogP) is 1.98. The normalized spacial score (nSPS) is 25.6. The second kappa shape index (κ2) is 8.90. The number of nitrogens with one attached hydrogen (secondary N) is 1. The van der Waals surface area contributed by atoms with Crippen LogP contribution in [0.3, 0.4) is 0 Å². The zero-order chi connectivity index (χ0) is 12.5. The van der Waals surface area contributed by atoms with Gasteiger partial charge < -0.3 is 15.0 Å². The molecule has 3 heteroatoms. The largest absolute Gasteiger partial charge is 0.382 e. The zero-order valence-electron chi connectivity index (χ0n) is 11.9. The van der Waals surface area contributed by atoms with Crippen molar-refractivity contribution in [2.75, 3.05) is 45.9 Å². The lowest BCUT2D eigenvalue weighted by Gasteiger charge is -2.15. The highest BCUT2D eigenvalue weighted by Gasteiger charge is 2.24. The fourth-order valence-corrected chi connectivity index (χ4v) is 2.39. The molecule has 2 atom stereocenters. The molecule has 1 heterocycles. The molecule has 1 rings (SSSR count). The number of hydrogen-bond acceptors (Lipinski definition) is 3. The lowest BCUT2D eigenvalue weighted by Crippen LogP contribution is -2.31. The van der Waals surface area contributed by atoms with Crippen LogP contribution in [0.1, 0.15) is 33.6 Å². The van der Waals surface area contributed by atoms with E-state index < -0.39 is 0 Å². The van der Waals surface area contributed by atoms with Crippen LogP contribution < -0.4 is 5.32 Å². The Bertz CT molecular complexity index is 177. The van der Waals surface area contributed by atoms with Gasteiger partial charge in [-0.15, -0.1) is 0 Å². The van der Waals surface area contributed by atoms with Crippen molar-refractivity contribution in [3.8, 4) is 0 Å². The van der Waals surface area contributed by atoms with Crippen LogP contribution in [0, 0.1) is 11.8 Å². The molecule has 17 heavy (non-hydrogen) atoms. The Hall–Kier alpha value is -0.120. The molecule has 1 N–H and O–H groups in total. The minimum absolute atomic E-state index is 0.846. The molecule has 0 radical (unpaired) electrons. The highest BCUT2D eigenvalue weighted by Crippen LogP contribution is 2.21. The average Bonchev–Trinajstić information content (AvgIpc) is 2.62. The molecule has 0 saturated carbocycles. The van der Waals surface area contributed by atoms with Crippen molar-refractivity contribution in [3.05, 3.63) is 0 Å². The molecule has 0 aromatic rings. The molecule has 0 aromatic heterocycles. The van der Waals surface area contributed by atoms with E-state index in [4.69, 9.17) is 4.74 Å². The quantitative estimate of drug-likeness (QED) is 0.626. The Morgan fingerprint density at radius 1 is 1.12 bits per heavy atom. The molecule has 0 aliphatic carbocycles. The van der Waals surface area contributed by atoms with Crippen LogP contribution in [-0.4, -0.2) is 50.8 Å². The van der Waals surface area contributed by atoms with Gasteiger partial charge in [0.05, 0.1) is 0 Å². The van der Waals surface area contributed by atoms with Crippen molar-refractivity contribution in [2.45, 2.75) is 33.6 Å². The van der Waals surface area contributed by atoms with Gasteiger partial charge in [0.1, 0.15) is 0 Å². The van der Waals surface area contributed by atoms with Crippen molar-refractivity contribution >= 4 is 0 Å². The highest BCUT2D eigenvalue weighted by molar-refractivity contribution is 4.78. The molecule has 102 valence electrons. The van der Waals surface area contributed by atoms with E-state index in [1.165, 1.54) is 32.5 Å². The summed E-state index contributed by atoms with van der Waals surface area (Å²) in [5, 5.41) is 3.52. The molecule has 0 aromatic carbocycles. The minimum atomic E-state index is 0.846. The summed E-state index contributed by atoms with van der Waals surface area (Å²) < 4.78 is 5.31. The summed E-state index contributed by atoms with van der Waals surface area (Å²) in [6.07, 6.45) is 2.41. The number of likely N-dealkylation sites (tertiary alicyclic amines) is 1. The smallest absolute Gasteiger partial charge is 0.0466 e. The van der Waals surface area contributed by atoms with Crippen molar-refractivity contribution in [2.24, 2.45) is 11.8 Å². The maximum absolute atomic E-state index is 5.31. The van der Waals surface area contributed by atoms with Gasteiger partial charge in [0.2, 0.25) is 0 Å². The number of hydrogen-bond donors (Lipinski definition) is 1. The van der Waals surface area contributed by atoms with Crippen molar-refractivity contribution in [1.29, 1.82) is 0 Å². The Labute approximate surface area is 107 Å². The first-order valence-electron chi connectivity index (χ1n) is 7.24. The molecule has 0 spiro atoms. The van der Waals surface area contributed by atoms with Crippen LogP contribution in [0.15, 0.2) is 0 Å². The van der Waals surface area contributed by atoms with E-state index in [1.807, 2.05) is 0 Å². The van der Waals surface area contributed by atoms with Crippen LogP contribution in [-0.2, 0) is 4.74 Å². The van der Waals surface area contributed by atoms with Gasteiger partial charge in [-0.05, 0) is 38.1 Å². The summed E-state index contributed by atoms with van der Waals surface area (Å²) in [5.74, 6) is 1.75. The number of ether oxygens (including phenoxy) is 1. The van der Waals surface area contributed by atoms with Gasteiger partial charge in [0, 0.05) is 39.4 Å². The monoisotopic (exact) mass is 242 g/mol. The topological polar surface area (TPSA) is 24.5 Å². The Kier molecular flexibility index (Phi) is 7.82. The van der Waals surface area contributed by atoms with E-state index in [9.17, 15) is 0 Å². The van der Waals surface area contributed by atoms with Gasteiger partial charge in [0.15, 0.2) is 0 Å². The second-order valence-corrected chi connectivity index (χ2v) is 5.37. The summed E-state index contributed by atoms with van der Waals surface area (Å²) >= 11 is 0. The summed E-state index contributed by atoms with van der Waals surface area (Å²) in [6, 6.07) is 0. The minimum Gasteiger partial charge on any atom is -0.382 e. The molecule has 0 amide bonds. The standard InChI is InChI=1S/C14H30N2O/c1-4-17-10-6-5-7-15-8-9-16-11-13(2)14(3)12-16/h13-15H,4-12H2,1-3H3. The third-order valence-corrected chi connectivity index (χ3v) is 3.76. The van der Waals surface area contributed by atoms with Crippen molar-refractivity contribution in [3.63, 3.8) is 0 Å². The first kappa shape index (κ1) is 14.9. The third kappa shape index (κ3) is 6.39. The molecule has 1 aliphatic rings. The Morgan fingerprint density at radius 2 is 1.82 bits per heavy atom. The third-order valence-electron chi connectivity index (χ3n) is 3.76. The zero-order valence-corrected chi connectivity index (χ0v) is 11.9. The number of unbranched alkanes of at least 4 members (excludes halogenated alkanes) is 1. The predicted molar refractivity (Wildman–Crippen MR) is 73.4 cm³/mol. The summed E-state index contributed by atoms with van der Waals surface area (Å²) in [7, 11) is 0. The van der Waals surface area contributed by atoms with E-state index in [-0.39, 0.29) is 0 Å². The number of nitrogens with zero attached hydrogens (tertiary/aromatic N) is 1. The summed E-state index contributed by atoms with van der Waals surface area (Å²) in [5.41, 5.74) is 0. The van der Waals surface area contributed by atoms with Gasteiger partial charge in [-0.3, -0.25) is 0 Å². The molecular weight excluding hydrogens is 212 g/mol. The summed E-state index contributed by atoms with van der Waals surface area (Å²) in [4.78, 5) is 2.59. The maximum atomic E-state index is 5.31. The van der Waals surface area contributed by atoms with Crippen molar-refractivity contribution < 1.29 is 4.74 Å².